The van der Waals surface area contributed by atoms with Gasteiger partial charge in [-0.05, 0) is 79.4 Å². The van der Waals surface area contributed by atoms with Crippen LogP contribution in [0.3, 0.4) is 0 Å². The fourth-order valence-corrected chi connectivity index (χ4v) is 6.22. The Labute approximate surface area is 100 Å². The summed E-state index contributed by atoms with van der Waals surface area (Å²) in [5.41, 5.74) is 0.896. The summed E-state index contributed by atoms with van der Waals surface area (Å²) >= 11 is 0. The maximum Gasteiger partial charge on any atom is -0.0263 e. The summed E-state index contributed by atoms with van der Waals surface area (Å²) in [4.78, 5) is 0. The van der Waals surface area contributed by atoms with Gasteiger partial charge in [0, 0.05) is 0 Å². The summed E-state index contributed by atoms with van der Waals surface area (Å²) in [7, 11) is 0. The van der Waals surface area contributed by atoms with Crippen LogP contribution in [0.1, 0.15) is 58.8 Å². The Morgan fingerprint density at radius 3 is 2.81 bits per heavy atom. The van der Waals surface area contributed by atoms with Crippen LogP contribution < -0.4 is 0 Å². The van der Waals surface area contributed by atoms with Crippen molar-refractivity contribution in [2.75, 3.05) is 0 Å². The molecule has 3 bridgehead atoms. The molecule has 16 heavy (non-hydrogen) atoms. The average Bonchev–Trinajstić information content (AvgIpc) is 2.98. The molecule has 0 nitrogen and oxygen atoms in total. The van der Waals surface area contributed by atoms with E-state index in [9.17, 15) is 0 Å². The highest BCUT2D eigenvalue weighted by Gasteiger charge is 2.62. The van der Waals surface area contributed by atoms with Crippen LogP contribution in [0.5, 0.6) is 0 Å². The maximum atomic E-state index is 2.60. The Morgan fingerprint density at radius 2 is 2.00 bits per heavy atom. The monoisotopic (exact) mass is 218 g/mol. The lowest BCUT2D eigenvalue weighted by molar-refractivity contribution is 0.0230. The third kappa shape index (κ3) is 1.12. The lowest BCUT2D eigenvalue weighted by Gasteiger charge is -2.47. The molecule has 0 heterocycles. The van der Waals surface area contributed by atoms with Gasteiger partial charge in [0.15, 0.2) is 0 Å². The molecule has 4 rings (SSSR count). The first-order valence-electron chi connectivity index (χ1n) is 7.73. The Morgan fingerprint density at radius 1 is 1.12 bits per heavy atom. The standard InChI is InChI=1S/C16H26/c1-3-11-6-12-7-13-8-16(13)5-4-14(11)10(2)15(12)9-16/h10-15H,3-9H2,1-2H3. The zero-order valence-electron chi connectivity index (χ0n) is 10.9. The van der Waals surface area contributed by atoms with Crippen molar-refractivity contribution in [1.29, 1.82) is 0 Å². The average molecular weight is 218 g/mol. The second-order valence-electron chi connectivity index (χ2n) is 7.59. The summed E-state index contributed by atoms with van der Waals surface area (Å²) in [6.45, 7) is 5.04. The smallest absolute Gasteiger partial charge is 0.0263 e. The van der Waals surface area contributed by atoms with Crippen molar-refractivity contribution in [2.45, 2.75) is 58.8 Å². The lowest BCUT2D eigenvalue weighted by atomic mass is 9.58. The zero-order chi connectivity index (χ0) is 10.9. The van der Waals surface area contributed by atoms with E-state index in [-0.39, 0.29) is 0 Å². The fraction of sp³-hybridized carbons (Fsp3) is 1.00. The molecule has 0 saturated heterocycles. The minimum atomic E-state index is 0.896. The highest BCUT2D eigenvalue weighted by Crippen LogP contribution is 2.72. The van der Waals surface area contributed by atoms with E-state index < -0.39 is 0 Å². The van der Waals surface area contributed by atoms with Gasteiger partial charge >= 0.3 is 0 Å². The third-order valence-corrected chi connectivity index (χ3v) is 7.26. The first-order valence-corrected chi connectivity index (χ1v) is 7.73. The normalized spacial score (nSPS) is 62.6. The number of hydrogen-bond donors (Lipinski definition) is 0. The minimum absolute atomic E-state index is 0.896. The first-order chi connectivity index (χ1) is 7.73. The molecule has 0 aromatic carbocycles. The quantitative estimate of drug-likeness (QED) is 0.608. The third-order valence-electron chi connectivity index (χ3n) is 7.26. The minimum Gasteiger partial charge on any atom is -0.0651 e. The van der Waals surface area contributed by atoms with E-state index in [1.165, 1.54) is 12.3 Å². The molecule has 0 amide bonds. The highest BCUT2D eigenvalue weighted by molar-refractivity contribution is 5.12. The van der Waals surface area contributed by atoms with Gasteiger partial charge < -0.3 is 0 Å². The van der Waals surface area contributed by atoms with Crippen molar-refractivity contribution in [3.63, 3.8) is 0 Å². The molecule has 4 aliphatic carbocycles. The van der Waals surface area contributed by atoms with Gasteiger partial charge in [-0.3, -0.25) is 0 Å². The summed E-state index contributed by atoms with van der Waals surface area (Å²) in [5.74, 6) is 6.69. The molecule has 4 aliphatic rings. The van der Waals surface area contributed by atoms with Crippen molar-refractivity contribution in [3.8, 4) is 0 Å². The van der Waals surface area contributed by atoms with Crippen LogP contribution in [0.15, 0.2) is 0 Å². The van der Waals surface area contributed by atoms with Crippen LogP contribution in [0.4, 0.5) is 0 Å². The van der Waals surface area contributed by atoms with Gasteiger partial charge in [-0.2, -0.15) is 0 Å². The van der Waals surface area contributed by atoms with Gasteiger partial charge in [0.05, 0.1) is 0 Å². The molecule has 4 fully saturated rings. The topological polar surface area (TPSA) is 0 Å². The van der Waals surface area contributed by atoms with Gasteiger partial charge in [0.2, 0.25) is 0 Å². The van der Waals surface area contributed by atoms with Crippen molar-refractivity contribution >= 4 is 0 Å². The molecule has 0 radical (unpaired) electrons. The predicted molar refractivity (Wildman–Crippen MR) is 67.0 cm³/mol. The zero-order valence-corrected chi connectivity index (χ0v) is 10.9. The van der Waals surface area contributed by atoms with E-state index in [1.54, 1.807) is 38.5 Å². The molecule has 7 atom stereocenters. The van der Waals surface area contributed by atoms with Crippen LogP contribution in [0.2, 0.25) is 0 Å². The maximum absolute atomic E-state index is 2.60. The van der Waals surface area contributed by atoms with Crippen LogP contribution in [0.25, 0.3) is 0 Å². The van der Waals surface area contributed by atoms with E-state index in [2.05, 4.69) is 13.8 Å². The van der Waals surface area contributed by atoms with E-state index in [4.69, 9.17) is 0 Å². The predicted octanol–water partition coefficient (Wildman–Crippen LogP) is 4.49. The van der Waals surface area contributed by atoms with E-state index in [0.29, 0.717) is 0 Å². The molecule has 90 valence electrons. The van der Waals surface area contributed by atoms with Gasteiger partial charge in [0.25, 0.3) is 0 Å². The Hall–Kier alpha value is 0. The number of rotatable bonds is 1. The van der Waals surface area contributed by atoms with Crippen LogP contribution in [-0.4, -0.2) is 0 Å². The van der Waals surface area contributed by atoms with Crippen molar-refractivity contribution in [1.82, 2.24) is 0 Å². The van der Waals surface area contributed by atoms with Crippen LogP contribution in [-0.2, 0) is 0 Å². The molecule has 0 aromatic heterocycles. The Balaban J connectivity index is 1.72. The van der Waals surface area contributed by atoms with Crippen molar-refractivity contribution < 1.29 is 0 Å². The summed E-state index contributed by atoms with van der Waals surface area (Å²) in [6, 6.07) is 0. The van der Waals surface area contributed by atoms with Gasteiger partial charge in [-0.15, -0.1) is 0 Å². The van der Waals surface area contributed by atoms with Crippen LogP contribution in [0, 0.1) is 40.9 Å². The van der Waals surface area contributed by atoms with Crippen molar-refractivity contribution in [3.05, 3.63) is 0 Å². The first kappa shape index (κ1) is 9.97. The summed E-state index contributed by atoms with van der Waals surface area (Å²) in [6.07, 6.45) is 11.1. The molecule has 0 aromatic rings. The lowest BCUT2D eigenvalue weighted by Crippen LogP contribution is -2.39. The van der Waals surface area contributed by atoms with Gasteiger partial charge in [-0.1, -0.05) is 20.3 Å². The largest absolute Gasteiger partial charge is 0.0651 e. The highest BCUT2D eigenvalue weighted by atomic mass is 14.7. The fourth-order valence-electron chi connectivity index (χ4n) is 6.22. The molecule has 7 unspecified atom stereocenters. The number of fused-ring (bicyclic) bond motifs is 1. The Bertz CT molecular complexity index is 305. The summed E-state index contributed by atoms with van der Waals surface area (Å²) < 4.78 is 0. The molecule has 0 heteroatoms. The van der Waals surface area contributed by atoms with E-state index in [0.717, 1.165) is 35.0 Å². The molecule has 0 N–H and O–H groups in total. The Kier molecular flexibility index (Phi) is 1.91. The van der Waals surface area contributed by atoms with Crippen molar-refractivity contribution in [2.24, 2.45) is 40.9 Å². The second kappa shape index (κ2) is 3.06. The molecular weight excluding hydrogens is 192 g/mol. The van der Waals surface area contributed by atoms with Gasteiger partial charge in [-0.25, -0.2) is 0 Å². The van der Waals surface area contributed by atoms with E-state index in [1.807, 2.05) is 0 Å². The van der Waals surface area contributed by atoms with Crippen LogP contribution >= 0.6 is 0 Å². The molecule has 1 spiro atoms. The SMILES string of the molecule is CCC1CC2CC3CC34CCC1C(C)C2C4. The van der Waals surface area contributed by atoms with Gasteiger partial charge in [0.1, 0.15) is 0 Å². The second-order valence-corrected chi connectivity index (χ2v) is 7.59. The summed E-state index contributed by atoms with van der Waals surface area (Å²) in [5, 5.41) is 0. The number of hydrogen-bond acceptors (Lipinski definition) is 0. The molecule has 4 saturated carbocycles. The molecule has 0 aliphatic heterocycles. The molecular formula is C16H26. The van der Waals surface area contributed by atoms with E-state index >= 15 is 0 Å².